The van der Waals surface area contributed by atoms with E-state index in [1.165, 1.54) is 16.8 Å². The van der Waals surface area contributed by atoms with Gasteiger partial charge in [0, 0.05) is 6.54 Å². The number of aliphatic imine (C=N–C) groups is 1. The molecule has 0 radical (unpaired) electrons. The largest absolute Gasteiger partial charge is 0.354 e. The Kier molecular flexibility index (Phi) is 3.34. The second kappa shape index (κ2) is 4.92. The Morgan fingerprint density at radius 2 is 2.12 bits per heavy atom. The third-order valence-corrected chi connectivity index (χ3v) is 2.87. The lowest BCUT2D eigenvalue weighted by Gasteiger charge is -2.25. The summed E-state index contributed by atoms with van der Waals surface area (Å²) in [4.78, 5) is 6.53. The molecule has 2 rings (SSSR count). The number of nitrogens with zero attached hydrogens (tertiary/aromatic N) is 2. The Morgan fingerprint density at radius 3 is 2.65 bits per heavy atom. The van der Waals surface area contributed by atoms with Crippen molar-refractivity contribution in [3.63, 3.8) is 0 Å². The number of hydrogen-bond acceptors (Lipinski definition) is 3. The van der Waals surface area contributed by atoms with E-state index in [-0.39, 0.29) is 0 Å². The second-order valence-corrected chi connectivity index (χ2v) is 4.16. The molecule has 0 aliphatic carbocycles. The minimum absolute atomic E-state index is 0.539. The number of terminal acetylenes is 1. The van der Waals surface area contributed by atoms with Crippen molar-refractivity contribution in [2.45, 2.75) is 13.8 Å². The Hall–Kier alpha value is -1.95. The van der Waals surface area contributed by atoms with Crippen LogP contribution in [0.3, 0.4) is 0 Å². The fraction of sp³-hybridized carbons (Fsp3) is 0.357. The van der Waals surface area contributed by atoms with Crippen molar-refractivity contribution in [1.29, 1.82) is 0 Å². The minimum Gasteiger partial charge on any atom is -0.354 e. The van der Waals surface area contributed by atoms with Gasteiger partial charge in [-0.1, -0.05) is 24.1 Å². The lowest BCUT2D eigenvalue weighted by molar-refractivity contribution is 0.945. The molecule has 0 atom stereocenters. The van der Waals surface area contributed by atoms with Crippen LogP contribution in [0.2, 0.25) is 0 Å². The van der Waals surface area contributed by atoms with Gasteiger partial charge in [-0.2, -0.15) is 0 Å². The van der Waals surface area contributed by atoms with Crippen LogP contribution in [0.15, 0.2) is 23.2 Å². The Balaban J connectivity index is 2.42. The zero-order valence-electron chi connectivity index (χ0n) is 10.3. The van der Waals surface area contributed by atoms with E-state index < -0.39 is 0 Å². The van der Waals surface area contributed by atoms with Gasteiger partial charge >= 0.3 is 0 Å². The molecule has 1 aromatic rings. The molecule has 3 nitrogen and oxygen atoms in total. The monoisotopic (exact) mass is 227 g/mol. The van der Waals surface area contributed by atoms with Crippen LogP contribution >= 0.6 is 0 Å². The summed E-state index contributed by atoms with van der Waals surface area (Å²) in [6.07, 6.45) is 5.46. The summed E-state index contributed by atoms with van der Waals surface area (Å²) in [5.41, 5.74) is 3.60. The van der Waals surface area contributed by atoms with Crippen LogP contribution in [0.5, 0.6) is 0 Å². The number of anilines is 1. The van der Waals surface area contributed by atoms with Crippen molar-refractivity contribution in [3.8, 4) is 12.3 Å². The highest BCUT2D eigenvalue weighted by Gasteiger charge is 2.18. The number of nitrogens with one attached hydrogen (secondary N) is 1. The normalized spacial score (nSPS) is 13.8. The van der Waals surface area contributed by atoms with Crippen molar-refractivity contribution in [2.75, 3.05) is 24.5 Å². The maximum atomic E-state index is 5.46. The minimum atomic E-state index is 0.539. The first-order chi connectivity index (χ1) is 8.24. The fourth-order valence-electron chi connectivity index (χ4n) is 2.15. The number of hydrogen-bond donors (Lipinski definition) is 1. The Morgan fingerprint density at radius 1 is 1.41 bits per heavy atom. The summed E-state index contributed by atoms with van der Waals surface area (Å²) < 4.78 is 0. The van der Waals surface area contributed by atoms with Crippen LogP contribution < -0.4 is 10.2 Å². The second-order valence-electron chi connectivity index (χ2n) is 4.16. The predicted molar refractivity (Wildman–Crippen MR) is 72.4 cm³/mol. The Labute approximate surface area is 103 Å². The van der Waals surface area contributed by atoms with Crippen LogP contribution in [0, 0.1) is 26.2 Å². The number of benzene rings is 1. The zero-order chi connectivity index (χ0) is 12.3. The Bertz CT molecular complexity index is 462. The highest BCUT2D eigenvalue weighted by molar-refractivity contribution is 5.98. The summed E-state index contributed by atoms with van der Waals surface area (Å²) >= 11 is 0. The number of aryl methyl sites for hydroxylation is 2. The standard InChI is InChI=1S/C14H17N3/c1-4-10-17(14-15-8-9-16-14)13-11(2)6-5-7-12(13)3/h1,5-7H,8-10H2,2-3H3,(H,15,16). The smallest absolute Gasteiger partial charge is 0.199 e. The fourth-order valence-corrected chi connectivity index (χ4v) is 2.15. The molecule has 1 N–H and O–H groups in total. The molecular weight excluding hydrogens is 210 g/mol. The molecule has 0 unspecified atom stereocenters. The van der Waals surface area contributed by atoms with Crippen molar-refractivity contribution < 1.29 is 0 Å². The first-order valence-corrected chi connectivity index (χ1v) is 5.79. The molecule has 0 amide bonds. The predicted octanol–water partition coefficient (Wildman–Crippen LogP) is 1.70. The molecule has 0 spiro atoms. The van der Waals surface area contributed by atoms with Gasteiger partial charge in [-0.25, -0.2) is 0 Å². The average Bonchev–Trinajstić information content (AvgIpc) is 2.80. The van der Waals surface area contributed by atoms with Crippen molar-refractivity contribution >= 4 is 11.6 Å². The van der Waals surface area contributed by atoms with Crippen LogP contribution in [-0.2, 0) is 0 Å². The summed E-state index contributed by atoms with van der Waals surface area (Å²) in [6.45, 7) is 6.45. The van der Waals surface area contributed by atoms with Crippen LogP contribution in [-0.4, -0.2) is 25.6 Å². The van der Waals surface area contributed by atoms with Gasteiger partial charge < -0.3 is 10.2 Å². The molecule has 1 aromatic carbocycles. The lowest BCUT2D eigenvalue weighted by atomic mass is 10.1. The highest BCUT2D eigenvalue weighted by atomic mass is 15.3. The SMILES string of the molecule is C#CCN(C1=NCCN1)c1c(C)cccc1C. The van der Waals surface area contributed by atoms with Crippen LogP contribution in [0.4, 0.5) is 5.69 Å². The molecule has 0 fully saturated rings. The van der Waals surface area contributed by atoms with Crippen molar-refractivity contribution in [1.82, 2.24) is 5.32 Å². The molecule has 0 saturated heterocycles. The topological polar surface area (TPSA) is 27.6 Å². The van der Waals surface area contributed by atoms with Crippen molar-refractivity contribution in [2.24, 2.45) is 4.99 Å². The van der Waals surface area contributed by atoms with Crippen molar-refractivity contribution in [3.05, 3.63) is 29.3 Å². The molecule has 0 bridgehead atoms. The maximum Gasteiger partial charge on any atom is 0.199 e. The first kappa shape index (κ1) is 11.5. The van der Waals surface area contributed by atoms with E-state index in [0.717, 1.165) is 19.0 Å². The molecule has 88 valence electrons. The van der Waals surface area contributed by atoms with E-state index in [2.05, 4.69) is 53.2 Å². The van der Waals surface area contributed by atoms with Gasteiger partial charge in [-0.15, -0.1) is 6.42 Å². The molecule has 1 aliphatic rings. The molecule has 1 heterocycles. The highest BCUT2D eigenvalue weighted by Crippen LogP contribution is 2.24. The number of para-hydroxylation sites is 1. The van der Waals surface area contributed by atoms with E-state index in [1.54, 1.807) is 0 Å². The summed E-state index contributed by atoms with van der Waals surface area (Å²) in [5.74, 6) is 3.59. The quantitative estimate of drug-likeness (QED) is 0.779. The van der Waals surface area contributed by atoms with Gasteiger partial charge in [0.05, 0.1) is 18.8 Å². The molecular formula is C14H17N3. The molecule has 0 aromatic heterocycles. The number of guanidine groups is 1. The van der Waals surface area contributed by atoms with Gasteiger partial charge in [0.2, 0.25) is 0 Å². The molecule has 1 aliphatic heterocycles. The van der Waals surface area contributed by atoms with Gasteiger partial charge in [0.1, 0.15) is 0 Å². The van der Waals surface area contributed by atoms with E-state index >= 15 is 0 Å². The van der Waals surface area contributed by atoms with Crippen LogP contribution in [0.25, 0.3) is 0 Å². The third-order valence-electron chi connectivity index (χ3n) is 2.87. The zero-order valence-corrected chi connectivity index (χ0v) is 10.3. The number of rotatable bonds is 2. The summed E-state index contributed by atoms with van der Waals surface area (Å²) in [5, 5.41) is 3.27. The lowest BCUT2D eigenvalue weighted by Crippen LogP contribution is -2.39. The van der Waals surface area contributed by atoms with E-state index in [1.807, 2.05) is 0 Å². The van der Waals surface area contributed by atoms with Gasteiger partial charge in [-0.3, -0.25) is 4.99 Å². The van der Waals surface area contributed by atoms with E-state index in [9.17, 15) is 0 Å². The van der Waals surface area contributed by atoms with Gasteiger partial charge in [0.25, 0.3) is 0 Å². The van der Waals surface area contributed by atoms with E-state index in [4.69, 9.17) is 6.42 Å². The first-order valence-electron chi connectivity index (χ1n) is 5.79. The van der Waals surface area contributed by atoms with Gasteiger partial charge in [-0.05, 0) is 25.0 Å². The van der Waals surface area contributed by atoms with Crippen LogP contribution in [0.1, 0.15) is 11.1 Å². The third kappa shape index (κ3) is 2.26. The summed E-state index contributed by atoms with van der Waals surface area (Å²) in [7, 11) is 0. The molecule has 3 heteroatoms. The van der Waals surface area contributed by atoms with E-state index in [0.29, 0.717) is 6.54 Å². The summed E-state index contributed by atoms with van der Waals surface area (Å²) in [6, 6.07) is 6.26. The average molecular weight is 227 g/mol. The molecule has 0 saturated carbocycles. The van der Waals surface area contributed by atoms with Gasteiger partial charge in [0.15, 0.2) is 5.96 Å². The maximum absolute atomic E-state index is 5.46. The molecule has 17 heavy (non-hydrogen) atoms.